The molecular formula is C11H13N3O3. The van der Waals surface area contributed by atoms with E-state index < -0.39 is 12.0 Å². The normalized spacial score (nSPS) is 12.6. The van der Waals surface area contributed by atoms with Crippen LogP contribution in [-0.2, 0) is 9.53 Å². The second kappa shape index (κ2) is 4.40. The van der Waals surface area contributed by atoms with Gasteiger partial charge in [-0.3, -0.25) is 4.79 Å². The Labute approximate surface area is 97.4 Å². The minimum Gasteiger partial charge on any atom is -0.464 e. The molecule has 0 saturated heterocycles. The van der Waals surface area contributed by atoms with Crippen molar-refractivity contribution >= 4 is 11.5 Å². The van der Waals surface area contributed by atoms with E-state index in [9.17, 15) is 9.59 Å². The predicted molar refractivity (Wildman–Crippen MR) is 60.8 cm³/mol. The van der Waals surface area contributed by atoms with Crippen molar-refractivity contribution in [1.29, 1.82) is 0 Å². The third kappa shape index (κ3) is 1.93. The summed E-state index contributed by atoms with van der Waals surface area (Å²) in [4.78, 5) is 23.6. The van der Waals surface area contributed by atoms with E-state index in [0.29, 0.717) is 5.52 Å². The number of esters is 1. The van der Waals surface area contributed by atoms with E-state index in [1.54, 1.807) is 36.6 Å². The zero-order chi connectivity index (χ0) is 12.4. The van der Waals surface area contributed by atoms with Crippen molar-refractivity contribution in [3.8, 4) is 0 Å². The minimum absolute atomic E-state index is 0.283. The molecule has 0 aliphatic rings. The predicted octanol–water partition coefficient (Wildman–Crippen LogP) is 0.620. The van der Waals surface area contributed by atoms with Gasteiger partial charge in [-0.25, -0.2) is 9.48 Å². The molecule has 0 N–H and O–H groups in total. The van der Waals surface area contributed by atoms with Crippen LogP contribution in [0.15, 0.2) is 29.5 Å². The molecule has 0 saturated carbocycles. The van der Waals surface area contributed by atoms with Gasteiger partial charge in [0.2, 0.25) is 0 Å². The number of aromatic nitrogens is 3. The molecule has 0 radical (unpaired) electrons. The third-order valence-corrected chi connectivity index (χ3v) is 2.50. The summed E-state index contributed by atoms with van der Waals surface area (Å²) in [5, 5.41) is 3.95. The number of rotatable bonds is 3. The number of carbonyl (C=O) groups is 1. The number of carbonyl (C=O) groups excluding carboxylic acids is 1. The van der Waals surface area contributed by atoms with Gasteiger partial charge in [0.1, 0.15) is 11.8 Å². The fraction of sp³-hybridized carbons (Fsp3) is 0.364. The van der Waals surface area contributed by atoms with Gasteiger partial charge in [0.25, 0.3) is 5.56 Å². The van der Waals surface area contributed by atoms with E-state index in [4.69, 9.17) is 4.74 Å². The van der Waals surface area contributed by atoms with Crippen molar-refractivity contribution in [2.45, 2.75) is 19.9 Å². The van der Waals surface area contributed by atoms with Crippen molar-refractivity contribution in [2.75, 3.05) is 6.61 Å². The van der Waals surface area contributed by atoms with Gasteiger partial charge in [0.05, 0.1) is 6.61 Å². The zero-order valence-corrected chi connectivity index (χ0v) is 9.66. The zero-order valence-electron chi connectivity index (χ0n) is 9.66. The Morgan fingerprint density at radius 3 is 3.06 bits per heavy atom. The van der Waals surface area contributed by atoms with E-state index in [0.717, 1.165) is 4.68 Å². The Balaban J connectivity index is 2.45. The second-order valence-electron chi connectivity index (χ2n) is 3.61. The number of nitrogens with zero attached hydrogens (tertiary/aromatic N) is 3. The SMILES string of the molecule is CCOC(=O)C(C)n1ncn2cccc2c1=O. The lowest BCUT2D eigenvalue weighted by Gasteiger charge is -2.12. The van der Waals surface area contributed by atoms with E-state index in [1.807, 2.05) is 0 Å². The van der Waals surface area contributed by atoms with Gasteiger partial charge in [0.15, 0.2) is 6.04 Å². The fourth-order valence-electron chi connectivity index (χ4n) is 1.60. The first-order chi connectivity index (χ1) is 8.15. The lowest BCUT2D eigenvalue weighted by Crippen LogP contribution is -2.32. The first-order valence-electron chi connectivity index (χ1n) is 5.36. The smallest absolute Gasteiger partial charge is 0.330 e. The van der Waals surface area contributed by atoms with Crippen LogP contribution in [0.3, 0.4) is 0 Å². The average Bonchev–Trinajstić information content (AvgIpc) is 2.78. The highest BCUT2D eigenvalue weighted by Gasteiger charge is 2.19. The summed E-state index contributed by atoms with van der Waals surface area (Å²) in [5.41, 5.74) is 0.175. The lowest BCUT2D eigenvalue weighted by molar-refractivity contribution is -0.147. The molecule has 0 spiro atoms. The molecule has 6 heteroatoms. The highest BCUT2D eigenvalue weighted by Crippen LogP contribution is 2.04. The molecule has 2 aromatic heterocycles. The Kier molecular flexibility index (Phi) is 2.95. The third-order valence-electron chi connectivity index (χ3n) is 2.50. The maximum absolute atomic E-state index is 12.0. The Morgan fingerprint density at radius 2 is 2.35 bits per heavy atom. The molecular weight excluding hydrogens is 222 g/mol. The maximum atomic E-state index is 12.0. The quantitative estimate of drug-likeness (QED) is 0.731. The average molecular weight is 235 g/mol. The summed E-state index contributed by atoms with van der Waals surface area (Å²) in [6.45, 7) is 3.59. The topological polar surface area (TPSA) is 65.6 Å². The highest BCUT2D eigenvalue weighted by atomic mass is 16.5. The van der Waals surface area contributed by atoms with Crippen LogP contribution >= 0.6 is 0 Å². The Morgan fingerprint density at radius 1 is 1.59 bits per heavy atom. The number of ether oxygens (including phenoxy) is 1. The number of fused-ring (bicyclic) bond motifs is 1. The molecule has 2 rings (SSSR count). The van der Waals surface area contributed by atoms with Crippen LogP contribution in [0.25, 0.3) is 5.52 Å². The molecule has 6 nitrogen and oxygen atoms in total. The molecule has 0 aliphatic heterocycles. The lowest BCUT2D eigenvalue weighted by atomic mass is 10.3. The summed E-state index contributed by atoms with van der Waals surface area (Å²) in [6.07, 6.45) is 3.22. The molecule has 2 heterocycles. The largest absolute Gasteiger partial charge is 0.464 e. The van der Waals surface area contributed by atoms with E-state index in [-0.39, 0.29) is 12.2 Å². The van der Waals surface area contributed by atoms with Crippen LogP contribution < -0.4 is 5.56 Å². The first kappa shape index (κ1) is 11.4. The minimum atomic E-state index is -0.720. The molecule has 1 unspecified atom stereocenters. The summed E-state index contributed by atoms with van der Waals surface area (Å²) >= 11 is 0. The summed E-state index contributed by atoms with van der Waals surface area (Å²) in [7, 11) is 0. The Bertz CT molecular complexity index is 599. The monoisotopic (exact) mass is 235 g/mol. The molecule has 0 fully saturated rings. The number of hydrogen-bond donors (Lipinski definition) is 0. The van der Waals surface area contributed by atoms with E-state index in [1.165, 1.54) is 6.33 Å². The van der Waals surface area contributed by atoms with E-state index >= 15 is 0 Å². The van der Waals surface area contributed by atoms with Gasteiger partial charge >= 0.3 is 5.97 Å². The fourth-order valence-corrected chi connectivity index (χ4v) is 1.60. The molecule has 90 valence electrons. The highest BCUT2D eigenvalue weighted by molar-refractivity contribution is 5.73. The molecule has 0 aromatic carbocycles. The standard InChI is InChI=1S/C11H13N3O3/c1-3-17-11(16)8(2)14-10(15)9-5-4-6-13(9)7-12-14/h4-8H,3H2,1-2H3. The van der Waals surface area contributed by atoms with Crippen LogP contribution in [0.1, 0.15) is 19.9 Å². The van der Waals surface area contributed by atoms with Gasteiger partial charge in [-0.2, -0.15) is 5.10 Å². The van der Waals surface area contributed by atoms with Crippen molar-refractivity contribution in [3.05, 3.63) is 35.0 Å². The van der Waals surface area contributed by atoms with Crippen molar-refractivity contribution in [1.82, 2.24) is 14.2 Å². The van der Waals surface area contributed by atoms with Gasteiger partial charge < -0.3 is 9.14 Å². The van der Waals surface area contributed by atoms with Gasteiger partial charge in [-0.05, 0) is 26.0 Å². The van der Waals surface area contributed by atoms with Crippen LogP contribution in [0, 0.1) is 0 Å². The van der Waals surface area contributed by atoms with Crippen LogP contribution in [0.4, 0.5) is 0 Å². The van der Waals surface area contributed by atoms with Crippen LogP contribution in [-0.4, -0.2) is 26.8 Å². The Hall–Kier alpha value is -2.11. The summed E-state index contributed by atoms with van der Waals surface area (Å²) in [5.74, 6) is -0.460. The second-order valence-corrected chi connectivity index (χ2v) is 3.61. The molecule has 0 aliphatic carbocycles. The van der Waals surface area contributed by atoms with Gasteiger partial charge in [0, 0.05) is 6.20 Å². The molecule has 17 heavy (non-hydrogen) atoms. The van der Waals surface area contributed by atoms with Gasteiger partial charge in [-0.1, -0.05) is 0 Å². The van der Waals surface area contributed by atoms with Crippen LogP contribution in [0.2, 0.25) is 0 Å². The van der Waals surface area contributed by atoms with Gasteiger partial charge in [-0.15, -0.1) is 0 Å². The van der Waals surface area contributed by atoms with Crippen molar-refractivity contribution in [3.63, 3.8) is 0 Å². The summed E-state index contributed by atoms with van der Waals surface area (Å²) in [6, 6.07) is 2.71. The van der Waals surface area contributed by atoms with Crippen molar-refractivity contribution in [2.24, 2.45) is 0 Å². The first-order valence-corrected chi connectivity index (χ1v) is 5.36. The number of hydrogen-bond acceptors (Lipinski definition) is 4. The van der Waals surface area contributed by atoms with Crippen molar-refractivity contribution < 1.29 is 9.53 Å². The summed E-state index contributed by atoms with van der Waals surface area (Å²) < 4.78 is 7.60. The molecule has 2 aromatic rings. The molecule has 0 amide bonds. The molecule has 1 atom stereocenters. The van der Waals surface area contributed by atoms with E-state index in [2.05, 4.69) is 5.10 Å². The van der Waals surface area contributed by atoms with Crippen LogP contribution in [0.5, 0.6) is 0 Å². The maximum Gasteiger partial charge on any atom is 0.330 e. The molecule has 0 bridgehead atoms.